The van der Waals surface area contributed by atoms with Crippen LogP contribution >= 0.6 is 0 Å². The summed E-state index contributed by atoms with van der Waals surface area (Å²) in [6, 6.07) is 10.3. The van der Waals surface area contributed by atoms with E-state index < -0.39 is 0 Å². The maximum absolute atomic E-state index is 12.0. The van der Waals surface area contributed by atoms with Gasteiger partial charge in [-0.15, -0.1) is 0 Å². The van der Waals surface area contributed by atoms with Crippen LogP contribution in [0.25, 0.3) is 10.9 Å². The molecule has 3 rings (SSSR count). The zero-order chi connectivity index (χ0) is 13.2. The molecule has 0 radical (unpaired) electrons. The molecule has 0 aliphatic carbocycles. The van der Waals surface area contributed by atoms with Crippen LogP contribution in [-0.2, 0) is 0 Å². The standard InChI is InChI=1S/C13H10N4O2/c18-11-6-5-8(7-14-11)13(19)15-12-9-3-1-2-4-10(9)16-17-12/h1-7H,(H,14,18)(H2,15,16,17,19). The number of carbonyl (C=O) groups excluding carboxylic acids is 1. The van der Waals surface area contributed by atoms with Gasteiger partial charge in [-0.3, -0.25) is 14.7 Å². The van der Waals surface area contributed by atoms with Crippen LogP contribution in [0.2, 0.25) is 0 Å². The average Bonchev–Trinajstić information content (AvgIpc) is 2.83. The number of carbonyl (C=O) groups is 1. The van der Waals surface area contributed by atoms with Gasteiger partial charge in [0.2, 0.25) is 5.56 Å². The molecule has 0 bridgehead atoms. The van der Waals surface area contributed by atoms with E-state index in [1.165, 1.54) is 18.3 Å². The molecule has 0 aliphatic rings. The minimum atomic E-state index is -0.325. The number of nitrogens with one attached hydrogen (secondary N) is 3. The first-order chi connectivity index (χ1) is 9.24. The van der Waals surface area contributed by atoms with Crippen molar-refractivity contribution in [2.75, 3.05) is 5.32 Å². The Morgan fingerprint density at radius 2 is 2.00 bits per heavy atom. The minimum absolute atomic E-state index is 0.248. The molecule has 1 amide bonds. The van der Waals surface area contributed by atoms with Crippen LogP contribution in [0.15, 0.2) is 47.4 Å². The molecule has 6 nitrogen and oxygen atoms in total. The fourth-order valence-electron chi connectivity index (χ4n) is 1.79. The van der Waals surface area contributed by atoms with Crippen LogP contribution in [0.5, 0.6) is 0 Å². The van der Waals surface area contributed by atoms with E-state index in [-0.39, 0.29) is 11.5 Å². The lowest BCUT2D eigenvalue weighted by Crippen LogP contribution is -2.14. The second-order valence-electron chi connectivity index (χ2n) is 4.01. The Labute approximate surface area is 107 Å². The summed E-state index contributed by atoms with van der Waals surface area (Å²) < 4.78 is 0. The van der Waals surface area contributed by atoms with Crippen LogP contribution < -0.4 is 10.9 Å². The molecule has 2 heterocycles. The predicted molar refractivity (Wildman–Crippen MR) is 71.1 cm³/mol. The average molecular weight is 254 g/mol. The number of aromatic nitrogens is 3. The second-order valence-corrected chi connectivity index (χ2v) is 4.01. The number of benzene rings is 1. The Bertz CT molecular complexity index is 783. The number of H-pyrrole nitrogens is 2. The van der Waals surface area contributed by atoms with Crippen LogP contribution in [-0.4, -0.2) is 21.1 Å². The molecule has 2 aromatic heterocycles. The van der Waals surface area contributed by atoms with Crippen molar-refractivity contribution in [2.45, 2.75) is 0 Å². The lowest BCUT2D eigenvalue weighted by Gasteiger charge is -2.01. The maximum atomic E-state index is 12.0. The molecule has 0 saturated heterocycles. The Morgan fingerprint density at radius 3 is 2.79 bits per heavy atom. The fraction of sp³-hybridized carbons (Fsp3) is 0. The lowest BCUT2D eigenvalue weighted by molar-refractivity contribution is 0.102. The first-order valence-corrected chi connectivity index (χ1v) is 5.67. The van der Waals surface area contributed by atoms with Gasteiger partial charge >= 0.3 is 0 Å². The van der Waals surface area contributed by atoms with Crippen LogP contribution in [0, 0.1) is 0 Å². The highest BCUT2D eigenvalue weighted by Crippen LogP contribution is 2.19. The first kappa shape index (κ1) is 11.2. The number of fused-ring (bicyclic) bond motifs is 1. The van der Waals surface area contributed by atoms with Crippen molar-refractivity contribution in [2.24, 2.45) is 0 Å². The van der Waals surface area contributed by atoms with E-state index in [1.54, 1.807) is 0 Å². The number of hydrogen-bond acceptors (Lipinski definition) is 3. The fourth-order valence-corrected chi connectivity index (χ4v) is 1.79. The van der Waals surface area contributed by atoms with E-state index in [0.717, 1.165) is 10.9 Å². The predicted octanol–water partition coefficient (Wildman–Crippen LogP) is 1.50. The third-order valence-corrected chi connectivity index (χ3v) is 2.75. The van der Waals surface area contributed by atoms with Gasteiger partial charge < -0.3 is 10.3 Å². The maximum Gasteiger partial charge on any atom is 0.258 e. The molecule has 19 heavy (non-hydrogen) atoms. The van der Waals surface area contributed by atoms with Crippen LogP contribution in [0.3, 0.4) is 0 Å². The number of hydrogen-bond donors (Lipinski definition) is 3. The summed E-state index contributed by atoms with van der Waals surface area (Å²) in [5, 5.41) is 10.4. The van der Waals surface area contributed by atoms with Crippen molar-refractivity contribution >= 4 is 22.6 Å². The second kappa shape index (κ2) is 4.41. The van der Waals surface area contributed by atoms with Crippen molar-refractivity contribution in [3.63, 3.8) is 0 Å². The smallest absolute Gasteiger partial charge is 0.258 e. The summed E-state index contributed by atoms with van der Waals surface area (Å²) in [4.78, 5) is 25.4. The van der Waals surface area contributed by atoms with Gasteiger partial charge in [-0.1, -0.05) is 12.1 Å². The zero-order valence-corrected chi connectivity index (χ0v) is 9.81. The Morgan fingerprint density at radius 1 is 1.16 bits per heavy atom. The van der Waals surface area contributed by atoms with Gasteiger partial charge in [0.25, 0.3) is 5.91 Å². The number of anilines is 1. The van der Waals surface area contributed by atoms with Gasteiger partial charge in [0.15, 0.2) is 5.82 Å². The highest BCUT2D eigenvalue weighted by molar-refractivity contribution is 6.07. The van der Waals surface area contributed by atoms with Gasteiger partial charge in [-0.25, -0.2) is 0 Å². The van der Waals surface area contributed by atoms with Crippen molar-refractivity contribution in [1.82, 2.24) is 15.2 Å². The van der Waals surface area contributed by atoms with E-state index in [9.17, 15) is 9.59 Å². The monoisotopic (exact) mass is 254 g/mol. The zero-order valence-electron chi connectivity index (χ0n) is 9.81. The largest absolute Gasteiger partial charge is 0.328 e. The summed E-state index contributed by atoms with van der Waals surface area (Å²) >= 11 is 0. The van der Waals surface area contributed by atoms with Gasteiger partial charge in [-0.2, -0.15) is 5.10 Å². The molecule has 0 fully saturated rings. The van der Waals surface area contributed by atoms with E-state index in [0.29, 0.717) is 11.4 Å². The number of pyridine rings is 1. The van der Waals surface area contributed by atoms with Gasteiger partial charge in [0, 0.05) is 17.6 Å². The molecule has 94 valence electrons. The van der Waals surface area contributed by atoms with Crippen molar-refractivity contribution in [3.05, 3.63) is 58.5 Å². The third kappa shape index (κ3) is 2.11. The van der Waals surface area contributed by atoms with Gasteiger partial charge in [0.1, 0.15) is 0 Å². The van der Waals surface area contributed by atoms with E-state index in [1.807, 2.05) is 24.3 Å². The van der Waals surface area contributed by atoms with Gasteiger partial charge in [-0.05, 0) is 18.2 Å². The molecule has 0 saturated carbocycles. The van der Waals surface area contributed by atoms with E-state index in [2.05, 4.69) is 20.5 Å². The first-order valence-electron chi connectivity index (χ1n) is 5.67. The summed E-state index contributed by atoms with van der Waals surface area (Å²) in [5.41, 5.74) is 0.965. The molecule has 0 aliphatic heterocycles. The Kier molecular flexibility index (Phi) is 2.60. The molecular formula is C13H10N4O2. The molecule has 3 aromatic rings. The summed E-state index contributed by atoms with van der Waals surface area (Å²) in [6.45, 7) is 0. The number of rotatable bonds is 2. The number of nitrogens with zero attached hydrogens (tertiary/aromatic N) is 1. The summed E-state index contributed by atoms with van der Waals surface area (Å²) in [5.74, 6) is 0.139. The SMILES string of the molecule is O=C(Nc1n[nH]c2ccccc12)c1ccc(=O)[nH]c1. The van der Waals surface area contributed by atoms with Crippen molar-refractivity contribution in [1.29, 1.82) is 0 Å². The topological polar surface area (TPSA) is 90.6 Å². The third-order valence-electron chi connectivity index (χ3n) is 2.75. The number of para-hydroxylation sites is 1. The quantitative estimate of drug-likeness (QED) is 0.647. The normalized spacial score (nSPS) is 10.5. The minimum Gasteiger partial charge on any atom is -0.328 e. The van der Waals surface area contributed by atoms with Crippen molar-refractivity contribution < 1.29 is 4.79 Å². The molecule has 6 heteroatoms. The highest BCUT2D eigenvalue weighted by Gasteiger charge is 2.10. The summed E-state index contributed by atoms with van der Waals surface area (Å²) in [6.07, 6.45) is 1.37. The molecule has 0 unspecified atom stereocenters. The van der Waals surface area contributed by atoms with E-state index >= 15 is 0 Å². The van der Waals surface area contributed by atoms with Crippen molar-refractivity contribution in [3.8, 4) is 0 Å². The molecular weight excluding hydrogens is 244 g/mol. The molecule has 0 spiro atoms. The lowest BCUT2D eigenvalue weighted by atomic mass is 10.2. The molecule has 3 N–H and O–H groups in total. The van der Waals surface area contributed by atoms with Crippen LogP contribution in [0.4, 0.5) is 5.82 Å². The highest BCUT2D eigenvalue weighted by atomic mass is 16.2. The van der Waals surface area contributed by atoms with Gasteiger partial charge in [0.05, 0.1) is 11.1 Å². The molecule has 0 atom stereocenters. The Balaban J connectivity index is 1.90. The van der Waals surface area contributed by atoms with E-state index in [4.69, 9.17) is 0 Å². The van der Waals surface area contributed by atoms with Crippen LogP contribution in [0.1, 0.15) is 10.4 Å². The number of amides is 1. The molecule has 1 aromatic carbocycles. The summed E-state index contributed by atoms with van der Waals surface area (Å²) in [7, 11) is 0. The Hall–Kier alpha value is -2.89. The number of aromatic amines is 2.